The van der Waals surface area contributed by atoms with Crippen molar-refractivity contribution in [3.05, 3.63) is 54.1 Å². The second-order valence-corrected chi connectivity index (χ2v) is 4.26. The number of ether oxygens (including phenoxy) is 1. The van der Waals surface area contributed by atoms with Crippen molar-refractivity contribution in [1.82, 2.24) is 9.55 Å². The Morgan fingerprint density at radius 2 is 2.05 bits per heavy atom. The number of benzene rings is 1. The van der Waals surface area contributed by atoms with Crippen LogP contribution in [0.25, 0.3) is 0 Å². The van der Waals surface area contributed by atoms with Crippen LogP contribution < -0.4 is 0 Å². The number of nitrogens with zero attached hydrogens (tertiary/aromatic N) is 2. The van der Waals surface area contributed by atoms with Gasteiger partial charge < -0.3 is 14.4 Å². The average molecular weight is 274 g/mol. The number of esters is 1. The van der Waals surface area contributed by atoms with Crippen LogP contribution in [-0.4, -0.2) is 26.6 Å². The summed E-state index contributed by atoms with van der Waals surface area (Å²) in [6, 6.07) is 8.52. The minimum Gasteiger partial charge on any atom is -0.477 e. The fourth-order valence-electron chi connectivity index (χ4n) is 1.74. The molecule has 0 bridgehead atoms. The molecule has 0 aliphatic rings. The van der Waals surface area contributed by atoms with Crippen LogP contribution in [0.1, 0.15) is 29.0 Å². The molecule has 0 aliphatic carbocycles. The van der Waals surface area contributed by atoms with Crippen LogP contribution in [0.5, 0.6) is 0 Å². The van der Waals surface area contributed by atoms with E-state index in [-0.39, 0.29) is 12.3 Å². The molecule has 6 heteroatoms. The Labute approximate surface area is 115 Å². The number of aromatic carboxylic acids is 1. The fraction of sp³-hybridized carbons (Fsp3) is 0.214. The number of carboxylic acids is 1. The minimum absolute atomic E-state index is 0.0471. The van der Waals surface area contributed by atoms with Crippen LogP contribution >= 0.6 is 0 Å². The van der Waals surface area contributed by atoms with E-state index in [4.69, 9.17) is 9.84 Å². The van der Waals surface area contributed by atoms with Crippen molar-refractivity contribution >= 4 is 11.9 Å². The number of carbonyl (C=O) groups excluding carboxylic acids is 1. The number of carbonyl (C=O) groups is 2. The van der Waals surface area contributed by atoms with E-state index >= 15 is 0 Å². The highest BCUT2D eigenvalue weighted by Crippen LogP contribution is 2.13. The molecule has 20 heavy (non-hydrogen) atoms. The SMILES string of the molecule is CC(C(=O)OCc1ccccc1)n1cncc1C(=O)O. The van der Waals surface area contributed by atoms with Gasteiger partial charge in [-0.15, -0.1) is 0 Å². The summed E-state index contributed by atoms with van der Waals surface area (Å²) >= 11 is 0. The summed E-state index contributed by atoms with van der Waals surface area (Å²) in [5.74, 6) is -1.64. The molecule has 2 rings (SSSR count). The molecule has 0 amide bonds. The van der Waals surface area contributed by atoms with Gasteiger partial charge in [0.1, 0.15) is 18.3 Å². The number of hydrogen-bond acceptors (Lipinski definition) is 4. The first kappa shape index (κ1) is 13.8. The third kappa shape index (κ3) is 3.03. The Morgan fingerprint density at radius 3 is 2.70 bits per heavy atom. The number of rotatable bonds is 5. The van der Waals surface area contributed by atoms with Gasteiger partial charge in [0.25, 0.3) is 0 Å². The minimum atomic E-state index is -1.13. The Morgan fingerprint density at radius 1 is 1.35 bits per heavy atom. The van der Waals surface area contributed by atoms with Gasteiger partial charge in [0.15, 0.2) is 0 Å². The predicted octanol–water partition coefficient (Wildman–Crippen LogP) is 1.89. The molecule has 1 heterocycles. The van der Waals surface area contributed by atoms with Gasteiger partial charge in [0.2, 0.25) is 0 Å². The topological polar surface area (TPSA) is 81.4 Å². The number of aromatic nitrogens is 2. The van der Waals surface area contributed by atoms with Crippen LogP contribution in [-0.2, 0) is 16.1 Å². The summed E-state index contributed by atoms with van der Waals surface area (Å²) in [6.07, 6.45) is 2.50. The molecule has 0 saturated carbocycles. The van der Waals surface area contributed by atoms with E-state index in [1.807, 2.05) is 30.3 Å². The summed E-state index contributed by atoms with van der Waals surface area (Å²) in [5, 5.41) is 8.98. The van der Waals surface area contributed by atoms with Gasteiger partial charge in [-0.2, -0.15) is 0 Å². The Hall–Kier alpha value is -2.63. The summed E-state index contributed by atoms with van der Waals surface area (Å²) in [4.78, 5) is 26.6. The molecule has 1 N–H and O–H groups in total. The lowest BCUT2D eigenvalue weighted by Gasteiger charge is -2.14. The fourth-order valence-corrected chi connectivity index (χ4v) is 1.74. The van der Waals surface area contributed by atoms with E-state index in [0.717, 1.165) is 5.56 Å². The molecule has 0 spiro atoms. The second kappa shape index (κ2) is 6.01. The zero-order valence-corrected chi connectivity index (χ0v) is 10.9. The molecule has 1 aromatic carbocycles. The molecule has 0 fully saturated rings. The maximum atomic E-state index is 11.9. The molecule has 6 nitrogen and oxygen atoms in total. The van der Waals surface area contributed by atoms with E-state index < -0.39 is 18.0 Å². The van der Waals surface area contributed by atoms with E-state index in [1.54, 1.807) is 6.92 Å². The molecule has 2 aromatic rings. The van der Waals surface area contributed by atoms with Crippen LogP contribution in [0, 0.1) is 0 Å². The normalized spacial score (nSPS) is 11.8. The van der Waals surface area contributed by atoms with E-state index in [9.17, 15) is 9.59 Å². The predicted molar refractivity (Wildman–Crippen MR) is 70.1 cm³/mol. The summed E-state index contributed by atoms with van der Waals surface area (Å²) in [6.45, 7) is 1.72. The monoisotopic (exact) mass is 274 g/mol. The standard InChI is InChI=1S/C14H14N2O4/c1-10(16-9-15-7-12(16)13(17)18)14(19)20-8-11-5-3-2-4-6-11/h2-7,9-10H,8H2,1H3,(H,17,18). The van der Waals surface area contributed by atoms with Gasteiger partial charge in [-0.3, -0.25) is 0 Å². The number of imidazole rings is 1. The highest BCUT2D eigenvalue weighted by Gasteiger charge is 2.21. The zero-order chi connectivity index (χ0) is 14.5. The average Bonchev–Trinajstić information content (AvgIpc) is 2.94. The number of carboxylic acid groups (broad SMARTS) is 1. The Kier molecular flexibility index (Phi) is 4.14. The maximum absolute atomic E-state index is 11.9. The van der Waals surface area contributed by atoms with Crippen molar-refractivity contribution in [2.75, 3.05) is 0 Å². The molecular formula is C14H14N2O4. The van der Waals surface area contributed by atoms with Gasteiger partial charge in [-0.05, 0) is 12.5 Å². The van der Waals surface area contributed by atoms with E-state index in [1.165, 1.54) is 17.1 Å². The lowest BCUT2D eigenvalue weighted by Crippen LogP contribution is -2.21. The zero-order valence-electron chi connectivity index (χ0n) is 10.9. The first-order valence-corrected chi connectivity index (χ1v) is 6.05. The highest BCUT2D eigenvalue weighted by molar-refractivity contribution is 5.86. The lowest BCUT2D eigenvalue weighted by molar-refractivity contribution is -0.148. The second-order valence-electron chi connectivity index (χ2n) is 4.26. The van der Waals surface area contributed by atoms with Crippen molar-refractivity contribution in [1.29, 1.82) is 0 Å². The Balaban J connectivity index is 2.02. The van der Waals surface area contributed by atoms with Crippen molar-refractivity contribution in [3.63, 3.8) is 0 Å². The van der Waals surface area contributed by atoms with Crippen LogP contribution in [0.4, 0.5) is 0 Å². The van der Waals surface area contributed by atoms with Crippen molar-refractivity contribution < 1.29 is 19.4 Å². The lowest BCUT2D eigenvalue weighted by atomic mass is 10.2. The smallest absolute Gasteiger partial charge is 0.354 e. The molecule has 0 aliphatic heterocycles. The van der Waals surface area contributed by atoms with Crippen molar-refractivity contribution in [2.24, 2.45) is 0 Å². The van der Waals surface area contributed by atoms with E-state index in [2.05, 4.69) is 4.98 Å². The maximum Gasteiger partial charge on any atom is 0.354 e. The van der Waals surface area contributed by atoms with Gasteiger partial charge in [-0.25, -0.2) is 14.6 Å². The molecule has 1 aromatic heterocycles. The summed E-state index contributed by atoms with van der Waals surface area (Å²) in [5.41, 5.74) is 0.825. The highest BCUT2D eigenvalue weighted by atomic mass is 16.5. The molecular weight excluding hydrogens is 260 g/mol. The first-order valence-electron chi connectivity index (χ1n) is 6.05. The van der Waals surface area contributed by atoms with Gasteiger partial charge in [0, 0.05) is 0 Å². The largest absolute Gasteiger partial charge is 0.477 e. The van der Waals surface area contributed by atoms with Crippen LogP contribution in [0.2, 0.25) is 0 Å². The van der Waals surface area contributed by atoms with E-state index in [0.29, 0.717) is 0 Å². The summed E-state index contributed by atoms with van der Waals surface area (Å²) in [7, 11) is 0. The third-order valence-corrected chi connectivity index (χ3v) is 2.87. The molecule has 0 saturated heterocycles. The van der Waals surface area contributed by atoms with Crippen LogP contribution in [0.15, 0.2) is 42.9 Å². The summed E-state index contributed by atoms with van der Waals surface area (Å²) < 4.78 is 6.44. The van der Waals surface area contributed by atoms with Crippen LogP contribution in [0.3, 0.4) is 0 Å². The first-order chi connectivity index (χ1) is 9.59. The quantitative estimate of drug-likeness (QED) is 0.842. The molecule has 1 atom stereocenters. The van der Waals surface area contributed by atoms with Crippen molar-refractivity contribution in [2.45, 2.75) is 19.6 Å². The van der Waals surface area contributed by atoms with Gasteiger partial charge >= 0.3 is 11.9 Å². The van der Waals surface area contributed by atoms with Gasteiger partial charge in [0.05, 0.1) is 12.5 Å². The molecule has 1 unspecified atom stereocenters. The van der Waals surface area contributed by atoms with Gasteiger partial charge in [-0.1, -0.05) is 30.3 Å². The number of hydrogen-bond donors (Lipinski definition) is 1. The molecule has 104 valence electrons. The Bertz CT molecular complexity index is 607. The molecule has 0 radical (unpaired) electrons. The third-order valence-electron chi connectivity index (χ3n) is 2.87. The van der Waals surface area contributed by atoms with Crippen molar-refractivity contribution in [3.8, 4) is 0 Å².